The molecule has 2 aliphatic rings. The van der Waals surface area contributed by atoms with Crippen molar-refractivity contribution in [2.45, 2.75) is 50.2 Å². The molecule has 0 bridgehead atoms. The molecule has 0 saturated carbocycles. The van der Waals surface area contributed by atoms with E-state index in [0.29, 0.717) is 24.4 Å². The molecule has 2 aliphatic heterocycles. The molecule has 37 heavy (non-hydrogen) atoms. The SMILES string of the molecule is CN(C)CCN1C(=O)CC[C@@H]2[C@H]1CCN2Cc1ccc(F)cc1.O=C(O)C(F)(F)F.O=C(O)C(F)(F)F. The van der Waals surface area contributed by atoms with Crippen LogP contribution >= 0.6 is 0 Å². The molecule has 2 saturated heterocycles. The fourth-order valence-corrected chi connectivity index (χ4v) is 3.86. The number of fused-ring (bicyclic) bond motifs is 1. The summed E-state index contributed by atoms with van der Waals surface area (Å²) in [5, 5.41) is 14.2. The van der Waals surface area contributed by atoms with Gasteiger partial charge in [-0.1, -0.05) is 12.1 Å². The lowest BCUT2D eigenvalue weighted by Crippen LogP contribution is -2.53. The highest BCUT2D eigenvalue weighted by Crippen LogP contribution is 2.32. The van der Waals surface area contributed by atoms with Gasteiger partial charge in [-0.2, -0.15) is 26.3 Å². The van der Waals surface area contributed by atoms with Crippen LogP contribution in [0.2, 0.25) is 0 Å². The van der Waals surface area contributed by atoms with E-state index in [2.05, 4.69) is 14.7 Å². The molecule has 1 amide bonds. The summed E-state index contributed by atoms with van der Waals surface area (Å²) in [4.78, 5) is 36.8. The summed E-state index contributed by atoms with van der Waals surface area (Å²) >= 11 is 0. The van der Waals surface area contributed by atoms with Gasteiger partial charge in [0.05, 0.1) is 0 Å². The van der Waals surface area contributed by atoms with Crippen LogP contribution in [0, 0.1) is 5.82 Å². The molecule has 210 valence electrons. The molecular weight excluding hydrogens is 519 g/mol. The van der Waals surface area contributed by atoms with Crippen LogP contribution in [0.4, 0.5) is 30.7 Å². The molecule has 2 fully saturated rings. The Morgan fingerprint density at radius 1 is 0.946 bits per heavy atom. The largest absolute Gasteiger partial charge is 0.490 e. The van der Waals surface area contributed by atoms with E-state index in [-0.39, 0.29) is 5.82 Å². The van der Waals surface area contributed by atoms with E-state index in [1.165, 1.54) is 12.1 Å². The fraction of sp³-hybridized carbons (Fsp3) is 0.591. The number of amides is 1. The fourth-order valence-electron chi connectivity index (χ4n) is 3.86. The number of likely N-dealkylation sites (N-methyl/N-ethyl adjacent to an activating group) is 1. The lowest BCUT2D eigenvalue weighted by Gasteiger charge is -2.40. The molecule has 0 radical (unpaired) electrons. The summed E-state index contributed by atoms with van der Waals surface area (Å²) in [6, 6.07) is 7.56. The van der Waals surface area contributed by atoms with Crippen LogP contribution in [0.15, 0.2) is 24.3 Å². The minimum atomic E-state index is -5.08. The van der Waals surface area contributed by atoms with Crippen molar-refractivity contribution < 1.29 is 55.3 Å². The van der Waals surface area contributed by atoms with Crippen LogP contribution in [0.1, 0.15) is 24.8 Å². The second kappa shape index (κ2) is 13.6. The first kappa shape index (κ1) is 32.1. The van der Waals surface area contributed by atoms with Crippen LogP contribution in [-0.4, -0.2) is 101 Å². The lowest BCUT2D eigenvalue weighted by molar-refractivity contribution is -0.193. The summed E-state index contributed by atoms with van der Waals surface area (Å²) < 4.78 is 76.5. The molecule has 1 aromatic carbocycles. The van der Waals surface area contributed by atoms with Crippen LogP contribution in [0.3, 0.4) is 0 Å². The highest BCUT2D eigenvalue weighted by atomic mass is 19.4. The van der Waals surface area contributed by atoms with Crippen LogP contribution in [-0.2, 0) is 20.9 Å². The van der Waals surface area contributed by atoms with Crippen molar-refractivity contribution >= 4 is 17.8 Å². The van der Waals surface area contributed by atoms with Crippen LogP contribution < -0.4 is 0 Å². The van der Waals surface area contributed by atoms with E-state index in [9.17, 15) is 35.5 Å². The topological polar surface area (TPSA) is 101 Å². The highest BCUT2D eigenvalue weighted by Gasteiger charge is 2.42. The second-order valence-corrected chi connectivity index (χ2v) is 8.56. The first-order valence-corrected chi connectivity index (χ1v) is 11.0. The summed E-state index contributed by atoms with van der Waals surface area (Å²) in [7, 11) is 4.09. The maximum atomic E-state index is 13.1. The maximum Gasteiger partial charge on any atom is 0.490 e. The summed E-state index contributed by atoms with van der Waals surface area (Å²) in [5.74, 6) is -5.40. The van der Waals surface area contributed by atoms with Gasteiger partial charge in [0.25, 0.3) is 0 Å². The van der Waals surface area contributed by atoms with Gasteiger partial charge in [0.2, 0.25) is 5.91 Å². The molecule has 0 aliphatic carbocycles. The zero-order valence-electron chi connectivity index (χ0n) is 20.0. The Hall–Kier alpha value is -2.94. The van der Waals surface area contributed by atoms with Crippen molar-refractivity contribution in [1.29, 1.82) is 0 Å². The zero-order chi connectivity index (χ0) is 28.6. The normalized spacial score (nSPS) is 19.9. The predicted molar refractivity (Wildman–Crippen MR) is 116 cm³/mol. The van der Waals surface area contributed by atoms with Crippen molar-refractivity contribution in [3.63, 3.8) is 0 Å². The minimum absolute atomic E-state index is 0.189. The summed E-state index contributed by atoms with van der Waals surface area (Å²) in [6.07, 6.45) is -7.53. The number of hydrogen-bond acceptors (Lipinski definition) is 5. The zero-order valence-corrected chi connectivity index (χ0v) is 20.0. The molecular formula is C22H28F7N3O5. The molecule has 3 rings (SSSR count). The number of likely N-dealkylation sites (tertiary alicyclic amines) is 2. The Labute approximate surface area is 208 Å². The Bertz CT molecular complexity index is 883. The number of carbonyl (C=O) groups is 3. The van der Waals surface area contributed by atoms with E-state index in [4.69, 9.17) is 19.8 Å². The molecule has 1 aromatic rings. The average molecular weight is 547 g/mol. The molecule has 0 aromatic heterocycles. The van der Waals surface area contributed by atoms with Crippen molar-refractivity contribution in [2.75, 3.05) is 33.7 Å². The number of carboxylic acids is 2. The number of benzene rings is 1. The number of rotatable bonds is 5. The summed E-state index contributed by atoms with van der Waals surface area (Å²) in [6.45, 7) is 3.58. The van der Waals surface area contributed by atoms with Gasteiger partial charge in [-0.25, -0.2) is 14.0 Å². The molecule has 2 atom stereocenters. The Kier molecular flexibility index (Phi) is 11.8. The third kappa shape index (κ3) is 10.9. The number of carboxylic acid groups (broad SMARTS) is 2. The van der Waals surface area contributed by atoms with Crippen LogP contribution in [0.25, 0.3) is 0 Å². The first-order chi connectivity index (χ1) is 16.9. The van der Waals surface area contributed by atoms with Gasteiger partial charge in [0.1, 0.15) is 5.82 Å². The standard InChI is InChI=1S/C18H26FN3O.2C2HF3O2/c1-20(2)11-12-22-17-9-10-21(16(17)7-8-18(22)23)13-14-3-5-15(19)6-4-14;2*3-2(4,5)1(6)7/h3-6,16-17H,7-13H2,1-2H3;2*(H,6,7)/t16-,17-;;/m1../s1. The summed E-state index contributed by atoms with van der Waals surface area (Å²) in [5.41, 5.74) is 1.14. The van der Waals surface area contributed by atoms with Gasteiger partial charge in [-0.3, -0.25) is 9.69 Å². The van der Waals surface area contributed by atoms with Crippen LogP contribution in [0.5, 0.6) is 0 Å². The number of nitrogens with zero attached hydrogens (tertiary/aromatic N) is 3. The first-order valence-electron chi connectivity index (χ1n) is 11.0. The van der Waals surface area contributed by atoms with Gasteiger partial charge < -0.3 is 20.0 Å². The number of carbonyl (C=O) groups excluding carboxylic acids is 1. The van der Waals surface area contributed by atoms with E-state index in [1.807, 2.05) is 26.2 Å². The minimum Gasteiger partial charge on any atom is -0.475 e. The smallest absolute Gasteiger partial charge is 0.475 e. The van der Waals surface area contributed by atoms with E-state index in [1.54, 1.807) is 0 Å². The average Bonchev–Trinajstić information content (AvgIpc) is 3.16. The van der Waals surface area contributed by atoms with E-state index < -0.39 is 24.3 Å². The predicted octanol–water partition coefficient (Wildman–Crippen LogP) is 3.22. The van der Waals surface area contributed by atoms with Gasteiger partial charge in [0, 0.05) is 44.7 Å². The van der Waals surface area contributed by atoms with Gasteiger partial charge in [-0.05, 0) is 44.6 Å². The van der Waals surface area contributed by atoms with Crippen molar-refractivity contribution in [1.82, 2.24) is 14.7 Å². The van der Waals surface area contributed by atoms with Crippen molar-refractivity contribution in [3.8, 4) is 0 Å². The molecule has 0 unspecified atom stereocenters. The third-order valence-corrected chi connectivity index (χ3v) is 5.57. The highest BCUT2D eigenvalue weighted by molar-refractivity contribution is 5.77. The monoisotopic (exact) mass is 547 g/mol. The third-order valence-electron chi connectivity index (χ3n) is 5.57. The van der Waals surface area contributed by atoms with E-state index in [0.717, 1.165) is 44.6 Å². The van der Waals surface area contributed by atoms with Crippen molar-refractivity contribution in [3.05, 3.63) is 35.6 Å². The van der Waals surface area contributed by atoms with Gasteiger partial charge >= 0.3 is 24.3 Å². The molecule has 2 N–H and O–H groups in total. The van der Waals surface area contributed by atoms with Crippen molar-refractivity contribution in [2.24, 2.45) is 0 Å². The molecule has 8 nitrogen and oxygen atoms in total. The number of hydrogen-bond donors (Lipinski definition) is 2. The quantitative estimate of drug-likeness (QED) is 0.546. The lowest BCUT2D eigenvalue weighted by atomic mass is 9.96. The molecule has 0 spiro atoms. The Morgan fingerprint density at radius 2 is 1.43 bits per heavy atom. The number of alkyl halides is 6. The number of aliphatic carboxylic acids is 2. The van der Waals surface area contributed by atoms with E-state index >= 15 is 0 Å². The number of halogens is 7. The maximum absolute atomic E-state index is 13.1. The molecule has 15 heteroatoms. The van der Waals surface area contributed by atoms with Gasteiger partial charge in [-0.15, -0.1) is 0 Å². The number of piperidine rings is 1. The molecule has 2 heterocycles. The second-order valence-electron chi connectivity index (χ2n) is 8.56. The Morgan fingerprint density at radius 3 is 1.86 bits per heavy atom. The Balaban J connectivity index is 0.000000404. The van der Waals surface area contributed by atoms with Gasteiger partial charge in [0.15, 0.2) is 0 Å².